The molecule has 0 aliphatic carbocycles. The summed E-state index contributed by atoms with van der Waals surface area (Å²) in [5.74, 6) is -1.83. The smallest absolute Gasteiger partial charge is 0.338 e. The van der Waals surface area contributed by atoms with Crippen LogP contribution in [-0.2, 0) is 9.53 Å². The molecule has 1 aliphatic heterocycles. The lowest BCUT2D eigenvalue weighted by molar-refractivity contribution is -0.384. The Morgan fingerprint density at radius 1 is 1.25 bits per heavy atom. The number of rotatable bonds is 6. The van der Waals surface area contributed by atoms with E-state index >= 15 is 0 Å². The predicted octanol–water partition coefficient (Wildman–Crippen LogP) is 4.05. The highest BCUT2D eigenvalue weighted by molar-refractivity contribution is 6.32. The number of benzene rings is 2. The van der Waals surface area contributed by atoms with Gasteiger partial charge in [0.1, 0.15) is 5.02 Å². The molecule has 0 aromatic heterocycles. The molecule has 2 aromatic rings. The van der Waals surface area contributed by atoms with Crippen molar-refractivity contribution >= 4 is 40.9 Å². The molecule has 2 N–H and O–H groups in total. The average Bonchev–Trinajstić information content (AvgIpc) is 2.74. The van der Waals surface area contributed by atoms with Gasteiger partial charge in [-0.25, -0.2) is 14.4 Å². The van der Waals surface area contributed by atoms with Crippen molar-refractivity contribution < 1.29 is 29.2 Å². The van der Waals surface area contributed by atoms with Crippen molar-refractivity contribution in [3.63, 3.8) is 0 Å². The number of hydrogen-bond donors (Lipinski definition) is 2. The predicted molar refractivity (Wildman–Crippen MR) is 115 cm³/mol. The molecule has 0 saturated heterocycles. The number of anilines is 1. The second kappa shape index (κ2) is 9.06. The standard InChI is InChI=1S/C21H18ClN3O7/c1-3-32-20(28)17-11(2)24(14-7-4-12(5-8-14)19(26)27)21(29)23-18(17)13-6-9-15(22)16(10-13)25(30)31/h4-10,18H,3H2,1-2H3,(H,23,29)(H,26,27)/t18-/m1/s1. The molecule has 2 amide bonds. The van der Waals surface area contributed by atoms with E-state index in [0.717, 1.165) is 0 Å². The summed E-state index contributed by atoms with van der Waals surface area (Å²) in [6.07, 6.45) is 0. The van der Waals surface area contributed by atoms with Crippen LogP contribution in [-0.4, -0.2) is 34.6 Å². The lowest BCUT2D eigenvalue weighted by atomic mass is 9.94. The number of nitro groups is 1. The molecule has 0 radical (unpaired) electrons. The van der Waals surface area contributed by atoms with E-state index in [-0.39, 0.29) is 39.7 Å². The Kier molecular flexibility index (Phi) is 6.45. The molecule has 1 heterocycles. The van der Waals surface area contributed by atoms with E-state index in [4.69, 9.17) is 21.4 Å². The first kappa shape index (κ1) is 22.8. The van der Waals surface area contributed by atoms with Crippen LogP contribution in [0.3, 0.4) is 0 Å². The van der Waals surface area contributed by atoms with Gasteiger partial charge in [0, 0.05) is 11.8 Å². The summed E-state index contributed by atoms with van der Waals surface area (Å²) in [7, 11) is 0. The first-order chi connectivity index (χ1) is 15.1. The molecule has 2 aromatic carbocycles. The Morgan fingerprint density at radius 3 is 2.47 bits per heavy atom. The van der Waals surface area contributed by atoms with E-state index in [1.54, 1.807) is 6.92 Å². The van der Waals surface area contributed by atoms with Gasteiger partial charge in [-0.15, -0.1) is 0 Å². The highest BCUT2D eigenvalue weighted by Gasteiger charge is 2.38. The SMILES string of the molecule is CCOC(=O)C1=C(C)N(c2ccc(C(=O)O)cc2)C(=O)N[C@@H]1c1ccc(Cl)c([N+](=O)[O-])c1. The minimum atomic E-state index is -1.12. The highest BCUT2D eigenvalue weighted by Crippen LogP contribution is 2.36. The van der Waals surface area contributed by atoms with Crippen LogP contribution in [0, 0.1) is 10.1 Å². The molecule has 1 aliphatic rings. The Hall–Kier alpha value is -3.92. The van der Waals surface area contributed by atoms with Crippen LogP contribution in [0.25, 0.3) is 0 Å². The number of esters is 1. The zero-order valence-electron chi connectivity index (χ0n) is 17.0. The normalized spacial score (nSPS) is 15.9. The van der Waals surface area contributed by atoms with E-state index < -0.39 is 28.9 Å². The van der Waals surface area contributed by atoms with Crippen LogP contribution in [0.2, 0.25) is 5.02 Å². The van der Waals surface area contributed by atoms with Crippen molar-refractivity contribution in [1.82, 2.24) is 5.32 Å². The average molecular weight is 460 g/mol. The molecule has 166 valence electrons. The number of halogens is 1. The molecule has 3 rings (SSSR count). The number of nitrogens with one attached hydrogen (secondary N) is 1. The maximum absolute atomic E-state index is 13.0. The number of aromatic carboxylic acids is 1. The largest absolute Gasteiger partial charge is 0.478 e. The third-order valence-corrected chi connectivity index (χ3v) is 5.17. The monoisotopic (exact) mass is 459 g/mol. The van der Waals surface area contributed by atoms with Gasteiger partial charge in [0.25, 0.3) is 5.69 Å². The first-order valence-corrected chi connectivity index (χ1v) is 9.79. The molecular formula is C21H18ClN3O7. The third-order valence-electron chi connectivity index (χ3n) is 4.85. The molecule has 0 saturated carbocycles. The summed E-state index contributed by atoms with van der Waals surface area (Å²) in [6, 6.07) is 7.88. The molecular weight excluding hydrogens is 442 g/mol. The quantitative estimate of drug-likeness (QED) is 0.377. The fourth-order valence-corrected chi connectivity index (χ4v) is 3.57. The van der Waals surface area contributed by atoms with Gasteiger partial charge >= 0.3 is 18.0 Å². The third kappa shape index (κ3) is 4.26. The minimum Gasteiger partial charge on any atom is -0.478 e. The van der Waals surface area contributed by atoms with Gasteiger partial charge in [-0.05, 0) is 49.7 Å². The van der Waals surface area contributed by atoms with Crippen molar-refractivity contribution in [2.45, 2.75) is 19.9 Å². The fourth-order valence-electron chi connectivity index (χ4n) is 3.38. The van der Waals surface area contributed by atoms with E-state index in [0.29, 0.717) is 5.69 Å². The second-order valence-corrected chi connectivity index (χ2v) is 7.16. The zero-order chi connectivity index (χ0) is 23.6. The fraction of sp³-hybridized carbons (Fsp3) is 0.190. The number of allylic oxidation sites excluding steroid dienone is 1. The molecule has 0 bridgehead atoms. The number of hydrogen-bond acceptors (Lipinski definition) is 6. The molecule has 1 atom stereocenters. The maximum Gasteiger partial charge on any atom is 0.338 e. The van der Waals surface area contributed by atoms with E-state index in [1.165, 1.54) is 54.3 Å². The number of carbonyl (C=O) groups excluding carboxylic acids is 2. The lowest BCUT2D eigenvalue weighted by Crippen LogP contribution is -2.48. The van der Waals surface area contributed by atoms with E-state index in [2.05, 4.69) is 5.32 Å². The molecule has 0 unspecified atom stereocenters. The van der Waals surface area contributed by atoms with Gasteiger partial charge in [-0.2, -0.15) is 0 Å². The van der Waals surface area contributed by atoms with Crippen molar-refractivity contribution in [3.05, 3.63) is 80.0 Å². The number of carboxylic acid groups (broad SMARTS) is 1. The lowest BCUT2D eigenvalue weighted by Gasteiger charge is -2.35. The van der Waals surface area contributed by atoms with Crippen molar-refractivity contribution in [3.8, 4) is 0 Å². The summed E-state index contributed by atoms with van der Waals surface area (Å²) in [6.45, 7) is 3.23. The Morgan fingerprint density at radius 2 is 1.91 bits per heavy atom. The number of urea groups is 1. The Bertz CT molecular complexity index is 1140. The molecule has 32 heavy (non-hydrogen) atoms. The molecule has 10 nitrogen and oxygen atoms in total. The van der Waals surface area contributed by atoms with Crippen molar-refractivity contribution in [2.75, 3.05) is 11.5 Å². The number of amides is 2. The van der Waals surface area contributed by atoms with Gasteiger partial charge in [-0.1, -0.05) is 17.7 Å². The first-order valence-electron chi connectivity index (χ1n) is 9.41. The summed E-state index contributed by atoms with van der Waals surface area (Å²) < 4.78 is 5.16. The van der Waals surface area contributed by atoms with E-state index in [9.17, 15) is 24.5 Å². The number of nitro benzene ring substituents is 1. The topological polar surface area (TPSA) is 139 Å². The summed E-state index contributed by atoms with van der Waals surface area (Å²) >= 11 is 5.89. The van der Waals surface area contributed by atoms with Gasteiger partial charge in [0.05, 0.1) is 34.4 Å². The van der Waals surface area contributed by atoms with Crippen molar-refractivity contribution in [2.24, 2.45) is 0 Å². The Labute approximate surface area is 187 Å². The van der Waals surface area contributed by atoms with E-state index in [1.807, 2.05) is 0 Å². The number of nitrogens with zero attached hydrogens (tertiary/aromatic N) is 2. The number of ether oxygens (including phenoxy) is 1. The zero-order valence-corrected chi connectivity index (χ0v) is 17.8. The van der Waals surface area contributed by atoms with Crippen LogP contribution >= 0.6 is 11.6 Å². The molecule has 11 heteroatoms. The van der Waals surface area contributed by atoms with Crippen LogP contribution in [0.5, 0.6) is 0 Å². The molecule has 0 spiro atoms. The van der Waals surface area contributed by atoms with Crippen LogP contribution < -0.4 is 10.2 Å². The highest BCUT2D eigenvalue weighted by atomic mass is 35.5. The number of carbonyl (C=O) groups is 3. The van der Waals surface area contributed by atoms with Gasteiger partial charge < -0.3 is 15.2 Å². The Balaban J connectivity index is 2.14. The van der Waals surface area contributed by atoms with Gasteiger partial charge in [-0.3, -0.25) is 15.0 Å². The van der Waals surface area contributed by atoms with Gasteiger partial charge in [0.2, 0.25) is 0 Å². The van der Waals surface area contributed by atoms with Gasteiger partial charge in [0.15, 0.2) is 0 Å². The van der Waals surface area contributed by atoms with Crippen LogP contribution in [0.4, 0.5) is 16.2 Å². The number of carboxylic acids is 1. The minimum absolute atomic E-state index is 0.0322. The molecule has 0 fully saturated rings. The maximum atomic E-state index is 13.0. The van der Waals surface area contributed by atoms with Crippen LogP contribution in [0.1, 0.15) is 35.8 Å². The van der Waals surface area contributed by atoms with Crippen LogP contribution in [0.15, 0.2) is 53.7 Å². The summed E-state index contributed by atoms with van der Waals surface area (Å²) in [4.78, 5) is 48.7. The van der Waals surface area contributed by atoms with Crippen molar-refractivity contribution in [1.29, 1.82) is 0 Å². The summed E-state index contributed by atoms with van der Waals surface area (Å²) in [5, 5.41) is 23.0. The summed E-state index contributed by atoms with van der Waals surface area (Å²) in [5.41, 5.74) is 0.573. The second-order valence-electron chi connectivity index (χ2n) is 6.76.